The second-order valence-corrected chi connectivity index (χ2v) is 7.39. The lowest BCUT2D eigenvalue weighted by atomic mass is 10.1. The lowest BCUT2D eigenvalue weighted by Crippen LogP contribution is -2.47. The fraction of sp³-hybridized carbons (Fsp3) is 0.417. The van der Waals surface area contributed by atoms with Crippen LogP contribution in [-0.2, 0) is 14.6 Å². The van der Waals surface area contributed by atoms with Crippen LogP contribution in [0.15, 0.2) is 24.3 Å². The van der Waals surface area contributed by atoms with Crippen LogP contribution in [0.1, 0.15) is 0 Å². The summed E-state index contributed by atoms with van der Waals surface area (Å²) in [6.07, 6.45) is -1.15. The molecule has 1 aromatic rings. The third-order valence-electron chi connectivity index (χ3n) is 3.12. The Balaban J connectivity index is 2.45. The van der Waals surface area contributed by atoms with Crippen LogP contribution in [0.3, 0.4) is 0 Å². The summed E-state index contributed by atoms with van der Waals surface area (Å²) in [6.45, 7) is 0. The summed E-state index contributed by atoms with van der Waals surface area (Å²) in [5, 5.41) is 10.2. The highest BCUT2D eigenvalue weighted by Gasteiger charge is 2.42. The minimum atomic E-state index is -3.38. The third kappa shape index (κ3) is 3.09. The Kier molecular flexibility index (Phi) is 4.59. The summed E-state index contributed by atoms with van der Waals surface area (Å²) >= 11 is 11.6. The van der Waals surface area contributed by atoms with E-state index in [2.05, 4.69) is 0 Å². The van der Waals surface area contributed by atoms with Crippen LogP contribution in [-0.4, -0.2) is 49.0 Å². The number of hydrogen-bond acceptors (Lipinski definition) is 4. The van der Waals surface area contributed by atoms with E-state index >= 15 is 0 Å². The van der Waals surface area contributed by atoms with Gasteiger partial charge < -0.3 is 10.0 Å². The van der Waals surface area contributed by atoms with Gasteiger partial charge in [0.25, 0.3) is 0 Å². The van der Waals surface area contributed by atoms with Crippen molar-refractivity contribution in [1.82, 2.24) is 0 Å². The Morgan fingerprint density at radius 1 is 1.35 bits per heavy atom. The summed E-state index contributed by atoms with van der Waals surface area (Å²) in [5.41, 5.74) is 0.348. The number of carbonyl (C=O) groups excluding carboxylic acids is 1. The van der Waals surface area contributed by atoms with E-state index in [-0.39, 0.29) is 17.4 Å². The molecule has 8 heteroatoms. The van der Waals surface area contributed by atoms with Crippen molar-refractivity contribution >= 4 is 44.6 Å². The van der Waals surface area contributed by atoms with Gasteiger partial charge in [0.2, 0.25) is 5.91 Å². The minimum Gasteiger partial charge on any atom is -0.390 e. The Labute approximate surface area is 127 Å². The van der Waals surface area contributed by atoms with Crippen molar-refractivity contribution in [3.63, 3.8) is 0 Å². The normalized spacial score (nSPS) is 24.6. The average molecular weight is 338 g/mol. The second-order valence-electron chi connectivity index (χ2n) is 4.56. The molecule has 2 rings (SSSR count). The molecule has 5 nitrogen and oxygen atoms in total. The van der Waals surface area contributed by atoms with E-state index in [1.54, 1.807) is 24.3 Å². The summed E-state index contributed by atoms with van der Waals surface area (Å²) in [6, 6.07) is 5.67. The predicted octanol–water partition coefficient (Wildman–Crippen LogP) is 1.07. The van der Waals surface area contributed by atoms with Gasteiger partial charge in [0.1, 0.15) is 5.88 Å². The van der Waals surface area contributed by atoms with Gasteiger partial charge in [-0.05, 0) is 12.1 Å². The zero-order chi connectivity index (χ0) is 14.9. The molecular weight excluding hydrogens is 325 g/mol. The van der Waals surface area contributed by atoms with Crippen LogP contribution in [0.4, 0.5) is 5.69 Å². The van der Waals surface area contributed by atoms with E-state index in [1.807, 2.05) is 0 Å². The second kappa shape index (κ2) is 5.89. The molecule has 0 radical (unpaired) electrons. The molecule has 1 aromatic carbocycles. The molecule has 110 valence electrons. The summed E-state index contributed by atoms with van der Waals surface area (Å²) < 4.78 is 23.2. The van der Waals surface area contributed by atoms with Gasteiger partial charge in [-0.15, -0.1) is 11.6 Å². The highest BCUT2D eigenvalue weighted by Crippen LogP contribution is 2.31. The highest BCUT2D eigenvalue weighted by atomic mass is 35.5. The topological polar surface area (TPSA) is 74.7 Å². The number of anilines is 1. The molecule has 0 aromatic heterocycles. The SMILES string of the molecule is O=C(CCl)N(c1ccccc1Cl)[C@@H]1CS(=O)(=O)C[C@H]1O. The van der Waals surface area contributed by atoms with Crippen LogP contribution in [0.5, 0.6) is 0 Å². The van der Waals surface area contributed by atoms with E-state index in [0.717, 1.165) is 0 Å². The molecule has 1 amide bonds. The maximum Gasteiger partial charge on any atom is 0.242 e. The summed E-state index contributed by atoms with van der Waals surface area (Å²) in [7, 11) is -3.38. The molecule has 0 saturated carbocycles. The molecule has 0 bridgehead atoms. The van der Waals surface area contributed by atoms with Gasteiger partial charge in [-0.2, -0.15) is 0 Å². The number of sulfone groups is 1. The third-order valence-corrected chi connectivity index (χ3v) is 5.37. The van der Waals surface area contributed by atoms with Crippen molar-refractivity contribution in [3.05, 3.63) is 29.3 Å². The van der Waals surface area contributed by atoms with Crippen LogP contribution in [0.25, 0.3) is 0 Å². The van der Waals surface area contributed by atoms with E-state index in [0.29, 0.717) is 10.7 Å². The zero-order valence-electron chi connectivity index (χ0n) is 10.4. The number of halogens is 2. The Bertz CT molecular complexity index is 620. The fourth-order valence-electron chi connectivity index (χ4n) is 2.27. The van der Waals surface area contributed by atoms with Crippen molar-refractivity contribution in [2.24, 2.45) is 0 Å². The first kappa shape index (κ1) is 15.6. The summed E-state index contributed by atoms with van der Waals surface area (Å²) in [5.74, 6) is -1.49. The molecule has 1 fully saturated rings. The fourth-order valence-corrected chi connectivity index (χ4v) is 4.39. The van der Waals surface area contributed by atoms with E-state index in [1.165, 1.54) is 4.90 Å². The van der Waals surface area contributed by atoms with Gasteiger partial charge in [0, 0.05) is 0 Å². The molecular formula is C12H13Cl2NO4S. The van der Waals surface area contributed by atoms with Gasteiger partial charge in [-0.3, -0.25) is 4.79 Å². The zero-order valence-corrected chi connectivity index (χ0v) is 12.7. The average Bonchev–Trinajstić information content (AvgIpc) is 2.65. The largest absolute Gasteiger partial charge is 0.390 e. The van der Waals surface area contributed by atoms with Crippen molar-refractivity contribution in [2.45, 2.75) is 12.1 Å². The van der Waals surface area contributed by atoms with Gasteiger partial charge in [0.15, 0.2) is 9.84 Å². The van der Waals surface area contributed by atoms with Crippen molar-refractivity contribution < 1.29 is 18.3 Å². The Hall–Kier alpha value is -0.820. The molecule has 1 aliphatic heterocycles. The number of alkyl halides is 1. The Morgan fingerprint density at radius 2 is 2.00 bits per heavy atom. The monoisotopic (exact) mass is 337 g/mol. The molecule has 1 saturated heterocycles. The molecule has 1 heterocycles. The van der Waals surface area contributed by atoms with E-state index < -0.39 is 27.9 Å². The molecule has 1 aliphatic rings. The smallest absolute Gasteiger partial charge is 0.242 e. The number of nitrogens with zero attached hydrogens (tertiary/aromatic N) is 1. The maximum absolute atomic E-state index is 12.0. The van der Waals surface area contributed by atoms with Crippen LogP contribution in [0, 0.1) is 0 Å². The number of benzene rings is 1. The van der Waals surface area contributed by atoms with Gasteiger partial charge in [-0.25, -0.2) is 8.42 Å². The number of rotatable bonds is 3. The standard InChI is InChI=1S/C12H13Cl2NO4S/c13-5-12(17)15(9-4-2-1-3-8(9)14)10-6-20(18,19)7-11(10)16/h1-4,10-11,16H,5-7H2/t10-,11-/m1/s1. The number of carbonyl (C=O) groups is 1. The number of aliphatic hydroxyl groups excluding tert-OH is 1. The molecule has 2 atom stereocenters. The first-order chi connectivity index (χ1) is 9.35. The molecule has 20 heavy (non-hydrogen) atoms. The van der Waals surface area contributed by atoms with Gasteiger partial charge >= 0.3 is 0 Å². The van der Waals surface area contributed by atoms with E-state index in [4.69, 9.17) is 23.2 Å². The molecule has 1 N–H and O–H groups in total. The van der Waals surface area contributed by atoms with Crippen molar-refractivity contribution in [1.29, 1.82) is 0 Å². The summed E-state index contributed by atoms with van der Waals surface area (Å²) in [4.78, 5) is 13.2. The van der Waals surface area contributed by atoms with Crippen molar-refractivity contribution in [3.8, 4) is 0 Å². The lowest BCUT2D eigenvalue weighted by molar-refractivity contribution is -0.117. The number of amides is 1. The number of hydrogen-bond donors (Lipinski definition) is 1. The van der Waals surface area contributed by atoms with Crippen molar-refractivity contribution in [2.75, 3.05) is 22.3 Å². The first-order valence-corrected chi connectivity index (χ1v) is 8.60. The minimum absolute atomic E-state index is 0.294. The maximum atomic E-state index is 12.0. The quantitative estimate of drug-likeness (QED) is 0.837. The Morgan fingerprint density at radius 3 is 2.50 bits per heavy atom. The van der Waals surface area contributed by atoms with Crippen LogP contribution >= 0.6 is 23.2 Å². The van der Waals surface area contributed by atoms with Crippen LogP contribution in [0.2, 0.25) is 5.02 Å². The number of aliphatic hydroxyl groups is 1. The van der Waals surface area contributed by atoms with Gasteiger partial charge in [-0.1, -0.05) is 23.7 Å². The molecule has 0 spiro atoms. The van der Waals surface area contributed by atoms with E-state index in [9.17, 15) is 18.3 Å². The predicted molar refractivity (Wildman–Crippen MR) is 78.1 cm³/mol. The van der Waals surface area contributed by atoms with Gasteiger partial charge in [0.05, 0.1) is 34.4 Å². The molecule has 0 unspecified atom stereocenters. The highest BCUT2D eigenvalue weighted by molar-refractivity contribution is 7.91. The molecule has 0 aliphatic carbocycles. The lowest BCUT2D eigenvalue weighted by Gasteiger charge is -2.30. The van der Waals surface area contributed by atoms with Crippen LogP contribution < -0.4 is 4.90 Å². The first-order valence-electron chi connectivity index (χ1n) is 5.87. The number of para-hydroxylation sites is 1.